The molecule has 0 aliphatic heterocycles. The van der Waals surface area contributed by atoms with Gasteiger partial charge in [-0.2, -0.15) is 0 Å². The van der Waals surface area contributed by atoms with Gasteiger partial charge in [0.25, 0.3) is 0 Å². The first kappa shape index (κ1) is 11.3. The van der Waals surface area contributed by atoms with Gasteiger partial charge in [0.05, 0.1) is 0 Å². The molecule has 1 N–H and O–H groups in total. The van der Waals surface area contributed by atoms with Gasteiger partial charge in [0.1, 0.15) is 0 Å². The number of rotatable bonds is 4. The third kappa shape index (κ3) is 2.69. The van der Waals surface area contributed by atoms with Gasteiger partial charge in [0.15, 0.2) is 5.78 Å². The van der Waals surface area contributed by atoms with Gasteiger partial charge < -0.3 is 5.32 Å². The van der Waals surface area contributed by atoms with Crippen molar-refractivity contribution in [2.45, 2.75) is 13.3 Å². The van der Waals surface area contributed by atoms with Crippen LogP contribution in [-0.2, 0) is 0 Å². The Balaban J connectivity index is 2.30. The van der Waals surface area contributed by atoms with Gasteiger partial charge in [-0.1, -0.05) is 19.1 Å². The van der Waals surface area contributed by atoms with Crippen LogP contribution in [0.3, 0.4) is 0 Å². The molecule has 2 aromatic rings. The summed E-state index contributed by atoms with van der Waals surface area (Å²) in [5.41, 5.74) is 2.49. The van der Waals surface area contributed by atoms with Crippen LogP contribution in [0.2, 0.25) is 0 Å². The van der Waals surface area contributed by atoms with Crippen molar-refractivity contribution in [2.24, 2.45) is 0 Å². The molecule has 0 unspecified atom stereocenters. The van der Waals surface area contributed by atoms with Gasteiger partial charge in [-0.25, -0.2) is 0 Å². The van der Waals surface area contributed by atoms with E-state index in [2.05, 4.69) is 10.3 Å². The first-order valence-corrected chi connectivity index (χ1v) is 5.60. The SMILES string of the molecule is CCC(=O)c1ccccc1Nc1ccncc1. The topological polar surface area (TPSA) is 42.0 Å². The maximum atomic E-state index is 11.8. The molecule has 0 spiro atoms. The lowest BCUT2D eigenvalue weighted by atomic mass is 10.1. The van der Waals surface area contributed by atoms with E-state index in [1.54, 1.807) is 12.4 Å². The second-order valence-corrected chi connectivity index (χ2v) is 3.68. The molecule has 1 heterocycles. The summed E-state index contributed by atoms with van der Waals surface area (Å²) in [6.07, 6.45) is 3.94. The number of aromatic nitrogens is 1. The van der Waals surface area contributed by atoms with Gasteiger partial charge in [-0.15, -0.1) is 0 Å². The van der Waals surface area contributed by atoms with Crippen LogP contribution in [0.15, 0.2) is 48.8 Å². The summed E-state index contributed by atoms with van der Waals surface area (Å²) in [4.78, 5) is 15.7. The molecule has 0 fully saturated rings. The number of hydrogen-bond acceptors (Lipinski definition) is 3. The average molecular weight is 226 g/mol. The van der Waals surface area contributed by atoms with Gasteiger partial charge in [0.2, 0.25) is 0 Å². The molecular formula is C14H14N2O. The number of carbonyl (C=O) groups is 1. The lowest BCUT2D eigenvalue weighted by molar-refractivity contribution is 0.0989. The fraction of sp³-hybridized carbons (Fsp3) is 0.143. The van der Waals surface area contributed by atoms with E-state index in [0.29, 0.717) is 6.42 Å². The number of Topliss-reactive ketones (excluding diaryl/α,β-unsaturated/α-hetero) is 1. The molecule has 0 bridgehead atoms. The van der Waals surface area contributed by atoms with Crippen LogP contribution in [-0.4, -0.2) is 10.8 Å². The molecule has 3 heteroatoms. The minimum Gasteiger partial charge on any atom is -0.355 e. The van der Waals surface area contributed by atoms with Crippen LogP contribution in [0.4, 0.5) is 11.4 Å². The zero-order valence-corrected chi connectivity index (χ0v) is 9.68. The maximum Gasteiger partial charge on any atom is 0.164 e. The molecule has 0 aliphatic rings. The number of para-hydroxylation sites is 1. The van der Waals surface area contributed by atoms with Gasteiger partial charge >= 0.3 is 0 Å². The quantitative estimate of drug-likeness (QED) is 0.812. The second kappa shape index (κ2) is 5.25. The molecule has 17 heavy (non-hydrogen) atoms. The first-order valence-electron chi connectivity index (χ1n) is 5.60. The number of carbonyl (C=O) groups excluding carboxylic acids is 1. The molecule has 1 aromatic carbocycles. The molecule has 86 valence electrons. The fourth-order valence-corrected chi connectivity index (χ4v) is 1.62. The number of nitrogens with zero attached hydrogens (tertiary/aromatic N) is 1. The molecule has 0 aliphatic carbocycles. The van der Waals surface area contributed by atoms with E-state index in [-0.39, 0.29) is 5.78 Å². The summed E-state index contributed by atoms with van der Waals surface area (Å²) in [6.45, 7) is 1.87. The van der Waals surface area contributed by atoms with E-state index in [1.807, 2.05) is 43.3 Å². The smallest absolute Gasteiger partial charge is 0.164 e. The molecule has 1 aromatic heterocycles. The van der Waals surface area contributed by atoms with E-state index in [9.17, 15) is 4.79 Å². The van der Waals surface area contributed by atoms with Crippen molar-refractivity contribution >= 4 is 17.2 Å². The van der Waals surface area contributed by atoms with Crippen molar-refractivity contribution in [1.82, 2.24) is 4.98 Å². The number of benzene rings is 1. The minimum absolute atomic E-state index is 0.141. The summed E-state index contributed by atoms with van der Waals surface area (Å²) in [6, 6.07) is 11.3. The van der Waals surface area contributed by atoms with E-state index < -0.39 is 0 Å². The lowest BCUT2D eigenvalue weighted by Gasteiger charge is -2.10. The molecule has 0 radical (unpaired) electrons. The van der Waals surface area contributed by atoms with Crippen molar-refractivity contribution in [3.63, 3.8) is 0 Å². The second-order valence-electron chi connectivity index (χ2n) is 3.68. The Bertz CT molecular complexity index is 509. The van der Waals surface area contributed by atoms with Crippen molar-refractivity contribution in [3.05, 3.63) is 54.4 Å². The van der Waals surface area contributed by atoms with Crippen molar-refractivity contribution in [1.29, 1.82) is 0 Å². The predicted molar refractivity (Wildman–Crippen MR) is 68.6 cm³/mol. The van der Waals surface area contributed by atoms with Crippen molar-refractivity contribution in [3.8, 4) is 0 Å². The van der Waals surface area contributed by atoms with Gasteiger partial charge in [0, 0.05) is 35.8 Å². The fourth-order valence-electron chi connectivity index (χ4n) is 1.62. The highest BCUT2D eigenvalue weighted by Crippen LogP contribution is 2.21. The molecule has 0 saturated heterocycles. The van der Waals surface area contributed by atoms with E-state index in [4.69, 9.17) is 0 Å². The van der Waals surface area contributed by atoms with E-state index in [1.165, 1.54) is 0 Å². The Morgan fingerprint density at radius 1 is 1.18 bits per heavy atom. The largest absolute Gasteiger partial charge is 0.355 e. The Morgan fingerprint density at radius 3 is 2.59 bits per heavy atom. The third-order valence-electron chi connectivity index (χ3n) is 2.51. The standard InChI is InChI=1S/C14H14N2O/c1-2-14(17)12-5-3-4-6-13(12)16-11-7-9-15-10-8-11/h3-10H,2H2,1H3,(H,15,16). The Labute approximate surface area is 101 Å². The summed E-state index contributed by atoms with van der Waals surface area (Å²) < 4.78 is 0. The molecule has 0 amide bonds. The van der Waals surface area contributed by atoms with Crippen LogP contribution in [0.1, 0.15) is 23.7 Å². The van der Waals surface area contributed by atoms with Gasteiger partial charge in [-0.05, 0) is 24.3 Å². The number of hydrogen-bond donors (Lipinski definition) is 1. The Morgan fingerprint density at radius 2 is 1.88 bits per heavy atom. The molecular weight excluding hydrogens is 212 g/mol. The zero-order valence-electron chi connectivity index (χ0n) is 9.68. The van der Waals surface area contributed by atoms with Crippen molar-refractivity contribution in [2.75, 3.05) is 5.32 Å². The van der Waals surface area contributed by atoms with Crippen LogP contribution in [0.5, 0.6) is 0 Å². The zero-order chi connectivity index (χ0) is 12.1. The van der Waals surface area contributed by atoms with E-state index >= 15 is 0 Å². The van der Waals surface area contributed by atoms with Crippen LogP contribution in [0.25, 0.3) is 0 Å². The molecule has 0 atom stereocenters. The van der Waals surface area contributed by atoms with Gasteiger partial charge in [-0.3, -0.25) is 9.78 Å². The Hall–Kier alpha value is -2.16. The predicted octanol–water partition coefficient (Wildman–Crippen LogP) is 3.42. The average Bonchev–Trinajstić information content (AvgIpc) is 2.40. The molecule has 0 saturated carbocycles. The number of ketones is 1. The number of anilines is 2. The highest BCUT2D eigenvalue weighted by molar-refractivity contribution is 6.01. The maximum absolute atomic E-state index is 11.8. The van der Waals surface area contributed by atoms with E-state index in [0.717, 1.165) is 16.9 Å². The third-order valence-corrected chi connectivity index (χ3v) is 2.51. The molecule has 2 rings (SSSR count). The molecule has 3 nitrogen and oxygen atoms in total. The first-order chi connectivity index (χ1) is 8.31. The minimum atomic E-state index is 0.141. The summed E-state index contributed by atoms with van der Waals surface area (Å²) in [5, 5.41) is 3.23. The monoisotopic (exact) mass is 226 g/mol. The van der Waals surface area contributed by atoms with Crippen LogP contribution < -0.4 is 5.32 Å². The summed E-state index contributed by atoms with van der Waals surface area (Å²) in [5.74, 6) is 0.141. The summed E-state index contributed by atoms with van der Waals surface area (Å²) >= 11 is 0. The summed E-state index contributed by atoms with van der Waals surface area (Å²) in [7, 11) is 0. The Kier molecular flexibility index (Phi) is 3.50. The van der Waals surface area contributed by atoms with Crippen LogP contribution in [0, 0.1) is 0 Å². The number of nitrogens with one attached hydrogen (secondary N) is 1. The highest BCUT2D eigenvalue weighted by Gasteiger charge is 2.08. The lowest BCUT2D eigenvalue weighted by Crippen LogP contribution is -2.02. The van der Waals surface area contributed by atoms with Crippen LogP contribution >= 0.6 is 0 Å². The highest BCUT2D eigenvalue weighted by atomic mass is 16.1. The number of pyridine rings is 1. The normalized spacial score (nSPS) is 9.94. The van der Waals surface area contributed by atoms with Crippen molar-refractivity contribution < 1.29 is 4.79 Å².